The molecule has 0 aromatic heterocycles. The monoisotopic (exact) mass is 361 g/mol. The Morgan fingerprint density at radius 3 is 2.44 bits per heavy atom. The van der Waals surface area contributed by atoms with Gasteiger partial charge in [-0.15, -0.1) is 0 Å². The number of nitrogens with one attached hydrogen (secondary N) is 1. The average molecular weight is 362 g/mol. The molecule has 0 bridgehead atoms. The summed E-state index contributed by atoms with van der Waals surface area (Å²) in [6, 6.07) is 12.2. The molecule has 0 heterocycles. The zero-order valence-corrected chi connectivity index (χ0v) is 14.9. The quantitative estimate of drug-likeness (QED) is 0.754. The molecule has 0 saturated heterocycles. The lowest BCUT2D eigenvalue weighted by atomic mass is 10.2. The maximum absolute atomic E-state index is 12.0. The number of amides is 1. The van der Waals surface area contributed by atoms with Gasteiger partial charge in [0.25, 0.3) is 5.91 Å². The van der Waals surface area contributed by atoms with Gasteiger partial charge in [-0.2, -0.15) is 0 Å². The van der Waals surface area contributed by atoms with Crippen LogP contribution in [-0.2, 0) is 16.0 Å². The number of carbonyl (C=O) groups is 2. The fraction of sp³-hybridized carbons (Fsp3) is 0.263. The summed E-state index contributed by atoms with van der Waals surface area (Å²) in [5.41, 5.74) is 1.85. The highest BCUT2D eigenvalue weighted by Crippen LogP contribution is 2.21. The van der Waals surface area contributed by atoms with Crippen molar-refractivity contribution in [3.05, 3.63) is 58.6 Å². The zero-order valence-electron chi connectivity index (χ0n) is 14.2. The number of aryl methyl sites for hydroxylation is 1. The molecule has 5 nitrogen and oxygen atoms in total. The fourth-order valence-electron chi connectivity index (χ4n) is 2.14. The summed E-state index contributed by atoms with van der Waals surface area (Å²) in [6.45, 7) is 3.89. The Bertz CT molecular complexity index is 744. The van der Waals surface area contributed by atoms with Gasteiger partial charge in [0.15, 0.2) is 6.61 Å². The largest absolute Gasteiger partial charge is 0.484 e. The van der Waals surface area contributed by atoms with E-state index < -0.39 is 5.97 Å². The average Bonchev–Trinajstić information content (AvgIpc) is 2.62. The number of benzene rings is 2. The molecule has 2 rings (SSSR count). The van der Waals surface area contributed by atoms with Crippen LogP contribution in [0.2, 0.25) is 5.02 Å². The van der Waals surface area contributed by atoms with Crippen LogP contribution < -0.4 is 10.1 Å². The number of ether oxygens (including phenoxy) is 2. The molecule has 25 heavy (non-hydrogen) atoms. The molecule has 2 aromatic carbocycles. The summed E-state index contributed by atoms with van der Waals surface area (Å²) >= 11 is 5.99. The minimum Gasteiger partial charge on any atom is -0.484 e. The minimum atomic E-state index is -0.532. The summed E-state index contributed by atoms with van der Waals surface area (Å²) in [5.74, 6) is -0.247. The molecule has 1 amide bonds. The van der Waals surface area contributed by atoms with E-state index in [0.717, 1.165) is 6.42 Å². The van der Waals surface area contributed by atoms with Gasteiger partial charge in [-0.05, 0) is 49.2 Å². The number of carbonyl (C=O) groups excluding carboxylic acids is 2. The van der Waals surface area contributed by atoms with Crippen LogP contribution in [0.15, 0.2) is 42.5 Å². The highest BCUT2D eigenvalue weighted by atomic mass is 35.5. The number of rotatable bonds is 7. The Kier molecular flexibility index (Phi) is 6.83. The van der Waals surface area contributed by atoms with E-state index in [2.05, 4.69) is 12.2 Å². The molecular weight excluding hydrogens is 342 g/mol. The first kappa shape index (κ1) is 18.8. The van der Waals surface area contributed by atoms with E-state index in [1.54, 1.807) is 13.0 Å². The van der Waals surface area contributed by atoms with E-state index in [0.29, 0.717) is 11.4 Å². The van der Waals surface area contributed by atoms with Crippen molar-refractivity contribution in [1.29, 1.82) is 0 Å². The highest BCUT2D eigenvalue weighted by molar-refractivity contribution is 6.33. The molecule has 6 heteroatoms. The van der Waals surface area contributed by atoms with Gasteiger partial charge in [-0.25, -0.2) is 4.79 Å². The van der Waals surface area contributed by atoms with Crippen LogP contribution >= 0.6 is 11.6 Å². The summed E-state index contributed by atoms with van der Waals surface area (Å²) in [5, 5.41) is 2.94. The van der Waals surface area contributed by atoms with Crippen LogP contribution in [0.1, 0.15) is 29.8 Å². The molecule has 0 radical (unpaired) electrons. The van der Waals surface area contributed by atoms with E-state index in [-0.39, 0.29) is 29.7 Å². The molecular formula is C19H20ClNO4. The predicted octanol–water partition coefficient (Wildman–Crippen LogP) is 4.10. The molecule has 0 aliphatic carbocycles. The molecule has 0 unspecified atom stereocenters. The fourth-order valence-corrected chi connectivity index (χ4v) is 2.33. The van der Waals surface area contributed by atoms with Crippen molar-refractivity contribution in [2.24, 2.45) is 0 Å². The maximum atomic E-state index is 12.0. The third kappa shape index (κ3) is 5.50. The number of esters is 1. The maximum Gasteiger partial charge on any atom is 0.339 e. The van der Waals surface area contributed by atoms with Gasteiger partial charge in [0.1, 0.15) is 5.75 Å². The molecule has 1 N–H and O–H groups in total. The van der Waals surface area contributed by atoms with Crippen molar-refractivity contribution in [2.75, 3.05) is 18.5 Å². The van der Waals surface area contributed by atoms with Crippen molar-refractivity contribution >= 4 is 29.2 Å². The smallest absolute Gasteiger partial charge is 0.339 e. The summed E-state index contributed by atoms with van der Waals surface area (Å²) < 4.78 is 10.4. The second-order valence-corrected chi connectivity index (χ2v) is 5.66. The van der Waals surface area contributed by atoms with Crippen LogP contribution in [0.3, 0.4) is 0 Å². The molecule has 132 valence electrons. The van der Waals surface area contributed by atoms with Crippen molar-refractivity contribution in [2.45, 2.75) is 20.3 Å². The lowest BCUT2D eigenvalue weighted by Gasteiger charge is -2.10. The van der Waals surface area contributed by atoms with Crippen LogP contribution in [0.4, 0.5) is 5.69 Å². The highest BCUT2D eigenvalue weighted by Gasteiger charge is 2.13. The van der Waals surface area contributed by atoms with Crippen molar-refractivity contribution in [3.63, 3.8) is 0 Å². The van der Waals surface area contributed by atoms with Gasteiger partial charge >= 0.3 is 5.97 Å². The predicted molar refractivity (Wildman–Crippen MR) is 97.4 cm³/mol. The third-order valence-corrected chi connectivity index (χ3v) is 3.78. The van der Waals surface area contributed by atoms with Gasteiger partial charge in [0.05, 0.1) is 17.2 Å². The van der Waals surface area contributed by atoms with Crippen molar-refractivity contribution < 1.29 is 19.1 Å². The SMILES string of the molecule is CCOC(=O)c1cc(NC(=O)COc2ccc(CC)cc2)ccc1Cl. The van der Waals surface area contributed by atoms with E-state index >= 15 is 0 Å². The number of hydrogen-bond donors (Lipinski definition) is 1. The number of anilines is 1. The number of hydrogen-bond acceptors (Lipinski definition) is 4. The van der Waals surface area contributed by atoms with Crippen LogP contribution in [-0.4, -0.2) is 25.1 Å². The van der Waals surface area contributed by atoms with Gasteiger partial charge in [-0.1, -0.05) is 30.7 Å². The molecule has 0 aliphatic rings. The molecule has 0 fully saturated rings. The van der Waals surface area contributed by atoms with E-state index in [4.69, 9.17) is 21.1 Å². The lowest BCUT2D eigenvalue weighted by molar-refractivity contribution is -0.118. The van der Waals surface area contributed by atoms with Crippen LogP contribution in [0, 0.1) is 0 Å². The second-order valence-electron chi connectivity index (χ2n) is 5.25. The Morgan fingerprint density at radius 2 is 1.80 bits per heavy atom. The Hall–Kier alpha value is -2.53. The van der Waals surface area contributed by atoms with Gasteiger partial charge < -0.3 is 14.8 Å². The van der Waals surface area contributed by atoms with Crippen molar-refractivity contribution in [3.8, 4) is 5.75 Å². The molecule has 0 spiro atoms. The topological polar surface area (TPSA) is 64.6 Å². The molecule has 2 aromatic rings. The first-order chi connectivity index (χ1) is 12.0. The molecule has 0 atom stereocenters. The second kappa shape index (κ2) is 9.08. The third-order valence-electron chi connectivity index (χ3n) is 3.45. The van der Waals surface area contributed by atoms with Gasteiger partial charge in [-0.3, -0.25) is 4.79 Å². The standard InChI is InChI=1S/C19H20ClNO4/c1-3-13-5-8-15(9-6-13)25-12-18(22)21-14-7-10-17(20)16(11-14)19(23)24-4-2/h5-11H,3-4,12H2,1-2H3,(H,21,22). The van der Waals surface area contributed by atoms with E-state index in [9.17, 15) is 9.59 Å². The van der Waals surface area contributed by atoms with Crippen molar-refractivity contribution in [1.82, 2.24) is 0 Å². The zero-order chi connectivity index (χ0) is 18.2. The molecule has 0 saturated carbocycles. The number of halogens is 1. The Balaban J connectivity index is 1.95. The summed E-state index contributed by atoms with van der Waals surface area (Å²) in [6.07, 6.45) is 0.945. The Labute approximate surface area is 151 Å². The normalized spacial score (nSPS) is 10.2. The Morgan fingerprint density at radius 1 is 1.08 bits per heavy atom. The van der Waals surface area contributed by atoms with E-state index in [1.165, 1.54) is 17.7 Å². The van der Waals surface area contributed by atoms with Gasteiger partial charge in [0.2, 0.25) is 0 Å². The summed E-state index contributed by atoms with van der Waals surface area (Å²) in [4.78, 5) is 23.8. The first-order valence-corrected chi connectivity index (χ1v) is 8.39. The summed E-state index contributed by atoms with van der Waals surface area (Å²) in [7, 11) is 0. The lowest BCUT2D eigenvalue weighted by Crippen LogP contribution is -2.20. The first-order valence-electron chi connectivity index (χ1n) is 8.01. The van der Waals surface area contributed by atoms with E-state index in [1.807, 2.05) is 24.3 Å². The van der Waals surface area contributed by atoms with Crippen LogP contribution in [0.5, 0.6) is 5.75 Å². The van der Waals surface area contributed by atoms with Gasteiger partial charge in [0, 0.05) is 5.69 Å². The molecule has 0 aliphatic heterocycles. The van der Waals surface area contributed by atoms with Crippen LogP contribution in [0.25, 0.3) is 0 Å². The minimum absolute atomic E-state index is 0.136.